The highest BCUT2D eigenvalue weighted by molar-refractivity contribution is 5.77. The van der Waals surface area contributed by atoms with E-state index < -0.39 is 17.5 Å². The number of piperidine rings is 1. The van der Waals surface area contributed by atoms with Crippen LogP contribution in [0.2, 0.25) is 0 Å². The summed E-state index contributed by atoms with van der Waals surface area (Å²) < 4.78 is 0. The lowest BCUT2D eigenvalue weighted by molar-refractivity contribution is -0.143. The fourth-order valence-corrected chi connectivity index (χ4v) is 1.91. The second-order valence-corrected chi connectivity index (χ2v) is 5.18. The van der Waals surface area contributed by atoms with Crippen LogP contribution >= 0.6 is 0 Å². The van der Waals surface area contributed by atoms with Crippen molar-refractivity contribution in [2.45, 2.75) is 38.3 Å². The van der Waals surface area contributed by atoms with Gasteiger partial charge in [0.1, 0.15) is 0 Å². The van der Waals surface area contributed by atoms with E-state index in [4.69, 9.17) is 5.11 Å². The van der Waals surface area contributed by atoms with E-state index in [0.29, 0.717) is 19.5 Å². The van der Waals surface area contributed by atoms with Crippen LogP contribution < -0.4 is 10.6 Å². The summed E-state index contributed by atoms with van der Waals surface area (Å²) in [7, 11) is 0. The van der Waals surface area contributed by atoms with Crippen LogP contribution in [0.5, 0.6) is 0 Å². The largest absolute Gasteiger partial charge is 0.481 e. The number of carbonyl (C=O) groups is 2. The summed E-state index contributed by atoms with van der Waals surface area (Å²) in [5, 5.41) is 24.1. The number of aliphatic carboxylic acids is 1. The van der Waals surface area contributed by atoms with E-state index in [9.17, 15) is 14.7 Å². The minimum absolute atomic E-state index is 0.0151. The Balaban J connectivity index is 2.41. The molecule has 1 aliphatic heterocycles. The molecule has 1 rings (SSSR count). The van der Waals surface area contributed by atoms with Gasteiger partial charge in [-0.25, -0.2) is 0 Å². The molecule has 6 heteroatoms. The summed E-state index contributed by atoms with van der Waals surface area (Å²) in [5.74, 6) is -1.56. The maximum Gasteiger partial charge on any atom is 0.307 e. The number of aliphatic hydroxyl groups is 1. The van der Waals surface area contributed by atoms with Gasteiger partial charge >= 0.3 is 5.97 Å². The van der Waals surface area contributed by atoms with Crippen LogP contribution in [0.4, 0.5) is 0 Å². The van der Waals surface area contributed by atoms with E-state index in [-0.39, 0.29) is 18.4 Å². The first-order chi connectivity index (χ1) is 7.78. The van der Waals surface area contributed by atoms with Crippen molar-refractivity contribution < 1.29 is 19.8 Å². The summed E-state index contributed by atoms with van der Waals surface area (Å²) in [5.41, 5.74) is -1.04. The molecule has 0 bridgehead atoms. The second-order valence-electron chi connectivity index (χ2n) is 5.18. The SMILES string of the molecule is CC(C)(O)CC(=O)N[C@@H]1CNC[C@H](C(=O)O)C1. The highest BCUT2D eigenvalue weighted by Crippen LogP contribution is 2.12. The molecule has 1 aliphatic rings. The summed E-state index contributed by atoms with van der Waals surface area (Å²) in [6.45, 7) is 4.13. The van der Waals surface area contributed by atoms with Crippen molar-refractivity contribution in [1.82, 2.24) is 10.6 Å². The van der Waals surface area contributed by atoms with Crippen molar-refractivity contribution in [3.63, 3.8) is 0 Å². The van der Waals surface area contributed by atoms with Crippen molar-refractivity contribution in [1.29, 1.82) is 0 Å². The number of hydrogen-bond donors (Lipinski definition) is 4. The van der Waals surface area contributed by atoms with Crippen LogP contribution in [0, 0.1) is 5.92 Å². The molecule has 1 fully saturated rings. The van der Waals surface area contributed by atoms with E-state index in [1.165, 1.54) is 0 Å². The fraction of sp³-hybridized carbons (Fsp3) is 0.818. The van der Waals surface area contributed by atoms with E-state index >= 15 is 0 Å². The molecular formula is C11H20N2O4. The molecule has 0 unspecified atom stereocenters. The van der Waals surface area contributed by atoms with E-state index in [1.54, 1.807) is 13.8 Å². The number of hydrogen-bond acceptors (Lipinski definition) is 4. The van der Waals surface area contributed by atoms with E-state index in [1.807, 2.05) is 0 Å². The zero-order valence-electron chi connectivity index (χ0n) is 10.2. The molecule has 0 radical (unpaired) electrons. The third-order valence-electron chi connectivity index (χ3n) is 2.66. The van der Waals surface area contributed by atoms with Crippen LogP contribution in [-0.2, 0) is 9.59 Å². The third kappa shape index (κ3) is 5.14. The van der Waals surface area contributed by atoms with E-state index in [2.05, 4.69) is 10.6 Å². The molecule has 0 aromatic heterocycles. The first kappa shape index (κ1) is 13.9. The summed E-state index contributed by atoms with van der Waals surface area (Å²) in [6.07, 6.45) is 0.446. The number of carboxylic acids is 1. The third-order valence-corrected chi connectivity index (χ3v) is 2.66. The average Bonchev–Trinajstić information content (AvgIpc) is 2.14. The molecule has 0 saturated carbocycles. The Morgan fingerprint density at radius 3 is 2.59 bits per heavy atom. The van der Waals surface area contributed by atoms with Gasteiger partial charge in [-0.3, -0.25) is 9.59 Å². The van der Waals surface area contributed by atoms with Gasteiger partial charge in [0.05, 0.1) is 17.9 Å². The molecule has 4 N–H and O–H groups in total. The first-order valence-corrected chi connectivity index (χ1v) is 5.73. The predicted octanol–water partition coefficient (Wildman–Crippen LogP) is -0.674. The lowest BCUT2D eigenvalue weighted by atomic mass is 9.95. The summed E-state index contributed by atoms with van der Waals surface area (Å²) >= 11 is 0. The Labute approximate surface area is 100 Å². The average molecular weight is 244 g/mol. The number of carboxylic acid groups (broad SMARTS) is 1. The molecule has 0 aromatic rings. The van der Waals surface area contributed by atoms with Gasteiger partial charge in [0.15, 0.2) is 0 Å². The van der Waals surface area contributed by atoms with Crippen molar-refractivity contribution in [3.05, 3.63) is 0 Å². The molecule has 1 heterocycles. The summed E-state index contributed by atoms with van der Waals surface area (Å²) in [4.78, 5) is 22.4. The summed E-state index contributed by atoms with van der Waals surface area (Å²) in [6, 6.07) is -0.181. The smallest absolute Gasteiger partial charge is 0.307 e. The molecule has 98 valence electrons. The Bertz CT molecular complexity index is 298. The van der Waals surface area contributed by atoms with Crippen LogP contribution in [0.1, 0.15) is 26.7 Å². The number of nitrogens with one attached hydrogen (secondary N) is 2. The maximum atomic E-state index is 11.6. The van der Waals surface area contributed by atoms with Crippen LogP contribution in [0.3, 0.4) is 0 Å². The van der Waals surface area contributed by atoms with Gasteiger partial charge in [0, 0.05) is 19.1 Å². The van der Waals surface area contributed by atoms with Gasteiger partial charge < -0.3 is 20.8 Å². The van der Waals surface area contributed by atoms with Crippen molar-refractivity contribution >= 4 is 11.9 Å². The van der Waals surface area contributed by atoms with Gasteiger partial charge in [-0.2, -0.15) is 0 Å². The zero-order chi connectivity index (χ0) is 13.1. The Morgan fingerprint density at radius 1 is 1.41 bits per heavy atom. The quantitative estimate of drug-likeness (QED) is 0.525. The molecule has 0 aliphatic carbocycles. The lowest BCUT2D eigenvalue weighted by Crippen LogP contribution is -2.51. The standard InChI is InChI=1S/C11H20N2O4/c1-11(2,17)4-9(14)13-8-3-7(10(15)16)5-12-6-8/h7-8,12,17H,3-6H2,1-2H3,(H,13,14)(H,15,16)/t7-,8+/m1/s1. The second kappa shape index (κ2) is 5.46. The predicted molar refractivity (Wildman–Crippen MR) is 61.5 cm³/mol. The molecule has 1 amide bonds. The van der Waals surface area contributed by atoms with Crippen LogP contribution in [0.25, 0.3) is 0 Å². The Hall–Kier alpha value is -1.14. The zero-order valence-corrected chi connectivity index (χ0v) is 10.2. The van der Waals surface area contributed by atoms with E-state index in [0.717, 1.165) is 0 Å². The molecule has 0 spiro atoms. The Morgan fingerprint density at radius 2 is 2.06 bits per heavy atom. The van der Waals surface area contributed by atoms with Crippen molar-refractivity contribution in [2.75, 3.05) is 13.1 Å². The maximum absolute atomic E-state index is 11.6. The molecule has 1 saturated heterocycles. The van der Waals surface area contributed by atoms with Crippen LogP contribution in [0.15, 0.2) is 0 Å². The monoisotopic (exact) mass is 244 g/mol. The highest BCUT2D eigenvalue weighted by atomic mass is 16.4. The molecule has 2 atom stereocenters. The highest BCUT2D eigenvalue weighted by Gasteiger charge is 2.28. The fourth-order valence-electron chi connectivity index (χ4n) is 1.91. The molecule has 6 nitrogen and oxygen atoms in total. The lowest BCUT2D eigenvalue weighted by Gasteiger charge is -2.29. The normalized spacial score (nSPS) is 25.4. The van der Waals surface area contributed by atoms with Crippen molar-refractivity contribution in [2.24, 2.45) is 5.92 Å². The topological polar surface area (TPSA) is 98.7 Å². The minimum Gasteiger partial charge on any atom is -0.481 e. The van der Waals surface area contributed by atoms with Crippen molar-refractivity contribution in [3.8, 4) is 0 Å². The van der Waals surface area contributed by atoms with Gasteiger partial charge in [0.2, 0.25) is 5.91 Å². The van der Waals surface area contributed by atoms with Crippen LogP contribution in [-0.4, -0.2) is 46.8 Å². The minimum atomic E-state index is -1.04. The van der Waals surface area contributed by atoms with Gasteiger partial charge in [0.25, 0.3) is 0 Å². The Kier molecular flexibility index (Phi) is 4.47. The van der Waals surface area contributed by atoms with Gasteiger partial charge in [-0.1, -0.05) is 0 Å². The number of rotatable bonds is 4. The molecule has 17 heavy (non-hydrogen) atoms. The number of carbonyl (C=O) groups excluding carboxylic acids is 1. The van der Waals surface area contributed by atoms with Gasteiger partial charge in [-0.15, -0.1) is 0 Å². The number of amides is 1. The first-order valence-electron chi connectivity index (χ1n) is 5.73. The molecule has 0 aromatic carbocycles. The van der Waals surface area contributed by atoms with Gasteiger partial charge in [-0.05, 0) is 20.3 Å². The molecular weight excluding hydrogens is 224 g/mol.